The molecular formula is C17H26N5O7P. The van der Waals surface area contributed by atoms with E-state index in [1.54, 1.807) is 18.4 Å². The molecule has 1 aliphatic rings. The van der Waals surface area contributed by atoms with Gasteiger partial charge in [-0.05, 0) is 25.7 Å². The van der Waals surface area contributed by atoms with Gasteiger partial charge < -0.3 is 34.3 Å². The Bertz CT molecular complexity index is 988. The molecule has 4 N–H and O–H groups in total. The topological polar surface area (TPSA) is 172 Å². The molecular weight excluding hydrogens is 417 g/mol. The fourth-order valence-electron chi connectivity index (χ4n) is 3.29. The van der Waals surface area contributed by atoms with E-state index in [0.29, 0.717) is 17.6 Å². The number of ether oxygens (including phenoxy) is 3. The first-order chi connectivity index (χ1) is 13.8. The minimum atomic E-state index is -4.75. The summed E-state index contributed by atoms with van der Waals surface area (Å²) in [5, 5.41) is 0. The molecule has 0 aromatic carbocycles. The second-order valence-electron chi connectivity index (χ2n) is 8.25. The average molecular weight is 443 g/mol. The molecule has 0 radical (unpaired) electrons. The lowest BCUT2D eigenvalue weighted by Gasteiger charge is -2.28. The Kier molecular flexibility index (Phi) is 5.80. The molecule has 2 aromatic rings. The first-order valence-electron chi connectivity index (χ1n) is 9.32. The van der Waals surface area contributed by atoms with Gasteiger partial charge in [0.15, 0.2) is 17.3 Å². The number of hydrogen-bond acceptors (Lipinski definition) is 9. The van der Waals surface area contributed by atoms with Gasteiger partial charge >= 0.3 is 13.8 Å². The van der Waals surface area contributed by atoms with Crippen molar-refractivity contribution in [1.82, 2.24) is 19.5 Å². The normalized spacial score (nSPS) is 21.6. The lowest BCUT2D eigenvalue weighted by Crippen LogP contribution is -2.35. The summed E-state index contributed by atoms with van der Waals surface area (Å²) in [6.45, 7) is 6.67. The van der Waals surface area contributed by atoms with Gasteiger partial charge in [-0.1, -0.05) is 13.8 Å². The minimum absolute atomic E-state index is 0.222. The Morgan fingerprint density at radius 3 is 2.57 bits per heavy atom. The maximum Gasteiger partial charge on any atom is 0.508 e. The van der Waals surface area contributed by atoms with Crippen LogP contribution in [0.5, 0.6) is 0 Å². The Morgan fingerprint density at radius 1 is 1.33 bits per heavy atom. The molecule has 1 aliphatic carbocycles. The van der Waals surface area contributed by atoms with Crippen LogP contribution in [0.1, 0.15) is 34.1 Å². The van der Waals surface area contributed by atoms with Gasteiger partial charge in [0.05, 0.1) is 24.6 Å². The maximum atomic E-state index is 12.0. The molecule has 1 fully saturated rings. The number of nitrogens with two attached hydrogens (primary N) is 1. The Balaban J connectivity index is 1.81. The molecule has 0 aliphatic heterocycles. The molecule has 3 rings (SSSR count). The number of rotatable bonds is 8. The minimum Gasteiger partial charge on any atom is -0.432 e. The number of hydrogen-bond donors (Lipinski definition) is 3. The predicted octanol–water partition coefficient (Wildman–Crippen LogP) is 1.66. The predicted molar refractivity (Wildman–Crippen MR) is 105 cm³/mol. The van der Waals surface area contributed by atoms with E-state index >= 15 is 0 Å². The summed E-state index contributed by atoms with van der Waals surface area (Å²) in [6.07, 6.45) is 1.91. The molecule has 0 spiro atoms. The molecule has 30 heavy (non-hydrogen) atoms. The number of aromatic nitrogens is 4. The van der Waals surface area contributed by atoms with E-state index in [1.807, 2.05) is 13.8 Å². The first-order valence-corrected chi connectivity index (χ1v) is 11.0. The molecule has 2 unspecified atom stereocenters. The highest BCUT2D eigenvalue weighted by atomic mass is 31.2. The number of imidazole rings is 1. The zero-order valence-electron chi connectivity index (χ0n) is 17.2. The summed E-state index contributed by atoms with van der Waals surface area (Å²) < 4.78 is 29.3. The summed E-state index contributed by atoms with van der Waals surface area (Å²) >= 11 is 0. The lowest BCUT2D eigenvalue weighted by atomic mass is 10.1. The summed E-state index contributed by atoms with van der Waals surface area (Å²) in [7, 11) is -4.75. The van der Waals surface area contributed by atoms with Crippen LogP contribution in [0.15, 0.2) is 12.7 Å². The number of nitrogens with zero attached hydrogens (tertiary/aromatic N) is 4. The highest BCUT2D eigenvalue weighted by molar-refractivity contribution is 7.52. The zero-order chi connectivity index (χ0) is 22.3. The van der Waals surface area contributed by atoms with Crippen molar-refractivity contribution in [3.05, 3.63) is 12.7 Å². The monoisotopic (exact) mass is 443 g/mol. The number of carbonyl (C=O) groups excluding carboxylic acids is 1. The molecule has 0 saturated heterocycles. The lowest BCUT2D eigenvalue weighted by molar-refractivity contribution is -0.0632. The third-order valence-corrected chi connectivity index (χ3v) is 6.11. The van der Waals surface area contributed by atoms with Crippen LogP contribution in [-0.4, -0.2) is 59.6 Å². The van der Waals surface area contributed by atoms with Crippen LogP contribution >= 0.6 is 7.60 Å². The van der Waals surface area contributed by atoms with Gasteiger partial charge in [-0.25, -0.2) is 19.7 Å². The molecule has 1 saturated carbocycles. The van der Waals surface area contributed by atoms with E-state index in [0.717, 1.165) is 0 Å². The molecule has 13 heteroatoms. The van der Waals surface area contributed by atoms with Crippen LogP contribution in [0, 0.1) is 5.41 Å². The van der Waals surface area contributed by atoms with Gasteiger partial charge in [-0.15, -0.1) is 0 Å². The van der Waals surface area contributed by atoms with Crippen molar-refractivity contribution in [3.63, 3.8) is 0 Å². The van der Waals surface area contributed by atoms with Gasteiger partial charge in [0, 0.05) is 0 Å². The van der Waals surface area contributed by atoms with Crippen LogP contribution in [-0.2, 0) is 25.3 Å². The van der Waals surface area contributed by atoms with Crippen molar-refractivity contribution in [3.8, 4) is 0 Å². The van der Waals surface area contributed by atoms with Crippen molar-refractivity contribution in [2.45, 2.75) is 58.2 Å². The number of fused-ring (bicyclic) bond motifs is 1. The van der Waals surface area contributed by atoms with E-state index < -0.39 is 43.3 Å². The first kappa shape index (κ1) is 22.4. The average Bonchev–Trinajstić information content (AvgIpc) is 2.93. The van der Waals surface area contributed by atoms with Crippen LogP contribution in [0.2, 0.25) is 0 Å². The summed E-state index contributed by atoms with van der Waals surface area (Å²) in [6, 6.07) is 0. The Labute approximate surface area is 172 Å². The van der Waals surface area contributed by atoms with E-state index in [2.05, 4.69) is 15.0 Å². The van der Waals surface area contributed by atoms with Crippen molar-refractivity contribution in [2.24, 2.45) is 5.41 Å². The quantitative estimate of drug-likeness (QED) is 0.400. The fourth-order valence-corrected chi connectivity index (χ4v) is 3.90. The molecule has 0 bridgehead atoms. The van der Waals surface area contributed by atoms with E-state index in [4.69, 9.17) is 19.9 Å². The van der Waals surface area contributed by atoms with Crippen LogP contribution < -0.4 is 5.73 Å². The molecule has 12 nitrogen and oxygen atoms in total. The summed E-state index contributed by atoms with van der Waals surface area (Å²) in [4.78, 5) is 43.5. The number of nitrogen functional groups attached to an aromatic ring is 1. The molecule has 2 atom stereocenters. The van der Waals surface area contributed by atoms with Gasteiger partial charge in [0.25, 0.3) is 0 Å². The molecule has 2 aromatic heterocycles. The third kappa shape index (κ3) is 4.56. The standard InChI is InChI=1S/C17H26N5O7P/c1-10(2)28-15(23)27-5-11(30(24,25)26)29-17(6-16(17,3)4)7-22-9-21-12-13(18)19-8-20-14(12)22/h8-11H,5-7H2,1-4H3,(H2,18,19,20)(H2,24,25,26). The third-order valence-electron chi connectivity index (χ3n) is 5.10. The second kappa shape index (κ2) is 7.77. The van der Waals surface area contributed by atoms with Crippen LogP contribution in [0.4, 0.5) is 10.6 Å². The zero-order valence-corrected chi connectivity index (χ0v) is 18.1. The van der Waals surface area contributed by atoms with E-state index in [1.165, 1.54) is 12.7 Å². The van der Waals surface area contributed by atoms with Crippen molar-refractivity contribution < 1.29 is 33.4 Å². The fraction of sp³-hybridized carbons (Fsp3) is 0.647. The molecule has 2 heterocycles. The highest BCUT2D eigenvalue weighted by Gasteiger charge is 2.65. The van der Waals surface area contributed by atoms with E-state index in [9.17, 15) is 19.1 Å². The number of anilines is 1. The van der Waals surface area contributed by atoms with E-state index in [-0.39, 0.29) is 12.4 Å². The van der Waals surface area contributed by atoms with Gasteiger partial charge in [-0.2, -0.15) is 0 Å². The molecule has 166 valence electrons. The second-order valence-corrected chi connectivity index (χ2v) is 10.0. The van der Waals surface area contributed by atoms with Gasteiger partial charge in [0.2, 0.25) is 0 Å². The van der Waals surface area contributed by atoms with Gasteiger partial charge in [0.1, 0.15) is 18.5 Å². The van der Waals surface area contributed by atoms with Crippen molar-refractivity contribution in [2.75, 3.05) is 12.3 Å². The Morgan fingerprint density at radius 2 is 2.00 bits per heavy atom. The largest absolute Gasteiger partial charge is 0.508 e. The van der Waals surface area contributed by atoms with Gasteiger partial charge in [-0.3, -0.25) is 4.57 Å². The van der Waals surface area contributed by atoms with Crippen LogP contribution in [0.25, 0.3) is 11.2 Å². The SMILES string of the molecule is CC(C)OC(=O)OCC(OC1(Cn2cnc3c(N)ncnc32)CC1(C)C)P(=O)(O)O. The van der Waals surface area contributed by atoms with Crippen molar-refractivity contribution >= 4 is 30.7 Å². The maximum absolute atomic E-state index is 12.0. The highest BCUT2D eigenvalue weighted by Crippen LogP contribution is 2.62. The smallest absolute Gasteiger partial charge is 0.432 e. The number of carbonyl (C=O) groups is 1. The summed E-state index contributed by atoms with van der Waals surface area (Å²) in [5.41, 5.74) is 5.40. The Hall–Kier alpha value is -2.27. The molecule has 0 amide bonds. The van der Waals surface area contributed by atoms with Crippen LogP contribution in [0.3, 0.4) is 0 Å². The van der Waals surface area contributed by atoms with Crippen molar-refractivity contribution in [1.29, 1.82) is 0 Å². The summed E-state index contributed by atoms with van der Waals surface area (Å²) in [5.74, 6) is -1.41.